The normalized spacial score (nSPS) is 37.5. The topological polar surface area (TPSA) is 61.4 Å². The second-order valence-corrected chi connectivity index (χ2v) is 9.31. The summed E-state index contributed by atoms with van der Waals surface area (Å²) in [7, 11) is 1.92. The van der Waals surface area contributed by atoms with Gasteiger partial charge in [0.15, 0.2) is 0 Å². The highest BCUT2D eigenvalue weighted by Gasteiger charge is 2.51. The summed E-state index contributed by atoms with van der Waals surface area (Å²) in [6.45, 7) is 1.84. The van der Waals surface area contributed by atoms with Crippen LogP contribution in [0, 0.1) is 23.2 Å². The lowest BCUT2D eigenvalue weighted by atomic mass is 9.49. The van der Waals surface area contributed by atoms with Crippen molar-refractivity contribution in [2.45, 2.75) is 63.8 Å². The molecule has 5 rings (SSSR count). The Hall–Kier alpha value is -0.810. The largest absolute Gasteiger partial charge is 0.347 e. The predicted octanol–water partition coefficient (Wildman–Crippen LogP) is 2.34. The van der Waals surface area contributed by atoms with Crippen LogP contribution in [-0.2, 0) is 9.59 Å². The highest BCUT2D eigenvalue weighted by molar-refractivity contribution is 5.85. The highest BCUT2D eigenvalue weighted by Crippen LogP contribution is 2.61. The smallest absolute Gasteiger partial charge is 0.242 e. The van der Waals surface area contributed by atoms with Crippen LogP contribution in [0.2, 0.25) is 0 Å². The van der Waals surface area contributed by atoms with Crippen LogP contribution in [-0.4, -0.2) is 49.4 Å². The molecule has 0 aromatic heterocycles. The van der Waals surface area contributed by atoms with Gasteiger partial charge >= 0.3 is 0 Å². The summed E-state index contributed by atoms with van der Waals surface area (Å²) in [6.07, 6.45) is 10.7. The van der Waals surface area contributed by atoms with E-state index >= 15 is 0 Å². The second-order valence-electron chi connectivity index (χ2n) is 9.31. The van der Waals surface area contributed by atoms with Gasteiger partial charge in [-0.1, -0.05) is 0 Å². The van der Waals surface area contributed by atoms with Gasteiger partial charge in [0.05, 0.1) is 6.54 Å². The number of halogens is 1. The standard InChI is InChI=1S/C20H33N3O2.ClH/c1-21-12-17-3-2-4-23(17)19(25)13-22-18(24)11-20-8-14-5-15(9-20)7-16(6-14)10-20;/h14-17,21H,2-13H2,1H3,(H,22,24);1H. The van der Waals surface area contributed by atoms with Crippen LogP contribution in [0.3, 0.4) is 0 Å². The van der Waals surface area contributed by atoms with Crippen molar-refractivity contribution in [3.05, 3.63) is 0 Å². The Labute approximate surface area is 163 Å². The predicted molar refractivity (Wildman–Crippen MR) is 104 cm³/mol. The Balaban J connectivity index is 0.00000196. The molecule has 0 radical (unpaired) electrons. The third kappa shape index (κ3) is 4.04. The van der Waals surface area contributed by atoms with Crippen LogP contribution < -0.4 is 10.6 Å². The van der Waals surface area contributed by atoms with Crippen LogP contribution in [0.4, 0.5) is 0 Å². The Bertz CT molecular complexity index is 504. The molecule has 1 saturated heterocycles. The van der Waals surface area contributed by atoms with Crippen molar-refractivity contribution in [1.82, 2.24) is 15.5 Å². The van der Waals surface area contributed by atoms with Gasteiger partial charge in [-0.2, -0.15) is 0 Å². The van der Waals surface area contributed by atoms with E-state index in [1.807, 2.05) is 11.9 Å². The molecule has 0 aromatic carbocycles. The van der Waals surface area contributed by atoms with Crippen LogP contribution in [0.25, 0.3) is 0 Å². The molecule has 4 bridgehead atoms. The molecule has 5 aliphatic rings. The van der Waals surface area contributed by atoms with E-state index in [9.17, 15) is 9.59 Å². The minimum Gasteiger partial charge on any atom is -0.347 e. The number of carbonyl (C=O) groups excluding carboxylic acids is 2. The van der Waals surface area contributed by atoms with Crippen molar-refractivity contribution in [3.8, 4) is 0 Å². The lowest BCUT2D eigenvalue weighted by Gasteiger charge is -2.56. The van der Waals surface area contributed by atoms with Crippen molar-refractivity contribution < 1.29 is 9.59 Å². The van der Waals surface area contributed by atoms with Gasteiger partial charge in [-0.25, -0.2) is 0 Å². The third-order valence-electron chi connectivity index (χ3n) is 7.27. The zero-order valence-electron chi connectivity index (χ0n) is 16.0. The maximum atomic E-state index is 12.6. The van der Waals surface area contributed by atoms with Crippen LogP contribution in [0.1, 0.15) is 57.8 Å². The molecule has 1 atom stereocenters. The summed E-state index contributed by atoms with van der Waals surface area (Å²) in [5.74, 6) is 2.78. The van der Waals surface area contributed by atoms with E-state index in [0.717, 1.165) is 43.7 Å². The Morgan fingerprint density at radius 1 is 1.08 bits per heavy atom. The monoisotopic (exact) mass is 383 g/mol. The molecule has 1 unspecified atom stereocenters. The fraction of sp³-hybridized carbons (Fsp3) is 0.900. The maximum Gasteiger partial charge on any atom is 0.242 e. The first kappa shape index (κ1) is 19.9. The molecular formula is C20H34ClN3O2. The minimum atomic E-state index is 0. The van der Waals surface area contributed by atoms with Crippen LogP contribution in [0.5, 0.6) is 0 Å². The number of rotatable bonds is 6. The molecule has 26 heavy (non-hydrogen) atoms. The molecule has 0 aromatic rings. The second kappa shape index (κ2) is 8.05. The lowest BCUT2D eigenvalue weighted by Crippen LogP contribution is -2.49. The lowest BCUT2D eigenvalue weighted by molar-refractivity contribution is -0.136. The van der Waals surface area contributed by atoms with E-state index in [1.54, 1.807) is 0 Å². The van der Waals surface area contributed by atoms with Gasteiger partial charge in [-0.05, 0) is 81.6 Å². The number of amides is 2. The molecule has 1 aliphatic heterocycles. The summed E-state index contributed by atoms with van der Waals surface area (Å²) in [4.78, 5) is 27.0. The van der Waals surface area contributed by atoms with E-state index in [4.69, 9.17) is 0 Å². The van der Waals surface area contributed by atoms with Gasteiger partial charge in [-0.15, -0.1) is 12.4 Å². The Morgan fingerprint density at radius 3 is 2.27 bits per heavy atom. The van der Waals surface area contributed by atoms with Gasteiger partial charge in [-0.3, -0.25) is 9.59 Å². The fourth-order valence-corrected chi connectivity index (χ4v) is 6.80. The Kier molecular flexibility index (Phi) is 6.18. The Morgan fingerprint density at radius 2 is 1.69 bits per heavy atom. The highest BCUT2D eigenvalue weighted by atomic mass is 35.5. The molecule has 4 saturated carbocycles. The average Bonchev–Trinajstić information content (AvgIpc) is 2.99. The third-order valence-corrected chi connectivity index (χ3v) is 7.27. The number of nitrogens with zero attached hydrogens (tertiary/aromatic N) is 1. The summed E-state index contributed by atoms with van der Waals surface area (Å²) in [6, 6.07) is 0.289. The van der Waals surface area contributed by atoms with Crippen LogP contribution >= 0.6 is 12.4 Å². The van der Waals surface area contributed by atoms with Crippen molar-refractivity contribution in [2.24, 2.45) is 23.2 Å². The van der Waals surface area contributed by atoms with Gasteiger partial charge in [0.25, 0.3) is 0 Å². The van der Waals surface area contributed by atoms with Gasteiger partial charge in [0, 0.05) is 25.6 Å². The molecular weight excluding hydrogens is 350 g/mol. The van der Waals surface area contributed by atoms with E-state index < -0.39 is 0 Å². The molecule has 5 fully saturated rings. The minimum absolute atomic E-state index is 0. The molecule has 148 valence electrons. The number of likely N-dealkylation sites (tertiary alicyclic amines) is 1. The number of nitrogens with one attached hydrogen (secondary N) is 2. The first-order valence-corrected chi connectivity index (χ1v) is 10.3. The van der Waals surface area contributed by atoms with Crippen LogP contribution in [0.15, 0.2) is 0 Å². The number of carbonyl (C=O) groups is 2. The number of hydrogen-bond donors (Lipinski definition) is 2. The van der Waals surface area contributed by atoms with E-state index in [-0.39, 0.29) is 42.2 Å². The molecule has 1 heterocycles. The molecule has 0 spiro atoms. The fourth-order valence-electron chi connectivity index (χ4n) is 6.80. The SMILES string of the molecule is CNCC1CCCN1C(=O)CNC(=O)CC12CC3CC(CC(C3)C1)C2.Cl. The number of likely N-dealkylation sites (N-methyl/N-ethyl adjacent to an activating group) is 1. The van der Waals surface area contributed by atoms with Crippen molar-refractivity contribution >= 4 is 24.2 Å². The summed E-state index contributed by atoms with van der Waals surface area (Å²) in [5, 5.41) is 6.11. The van der Waals surface area contributed by atoms with E-state index in [0.29, 0.717) is 6.42 Å². The van der Waals surface area contributed by atoms with E-state index in [1.165, 1.54) is 38.5 Å². The molecule has 2 N–H and O–H groups in total. The first-order valence-electron chi connectivity index (χ1n) is 10.3. The average molecular weight is 384 g/mol. The molecule has 6 heteroatoms. The van der Waals surface area contributed by atoms with Gasteiger partial charge < -0.3 is 15.5 Å². The summed E-state index contributed by atoms with van der Waals surface area (Å²) < 4.78 is 0. The van der Waals surface area contributed by atoms with E-state index in [2.05, 4.69) is 10.6 Å². The van der Waals surface area contributed by atoms with Gasteiger partial charge in [0.1, 0.15) is 0 Å². The summed E-state index contributed by atoms with van der Waals surface area (Å²) >= 11 is 0. The molecule has 2 amide bonds. The quantitative estimate of drug-likeness (QED) is 0.740. The molecule has 5 nitrogen and oxygen atoms in total. The number of hydrogen-bond acceptors (Lipinski definition) is 3. The first-order chi connectivity index (χ1) is 12.1. The van der Waals surface area contributed by atoms with Crippen molar-refractivity contribution in [2.75, 3.05) is 26.7 Å². The zero-order chi connectivity index (χ0) is 17.4. The van der Waals surface area contributed by atoms with Crippen molar-refractivity contribution in [1.29, 1.82) is 0 Å². The van der Waals surface area contributed by atoms with Gasteiger partial charge in [0.2, 0.25) is 11.8 Å². The summed E-state index contributed by atoms with van der Waals surface area (Å²) in [5.41, 5.74) is 0.254. The van der Waals surface area contributed by atoms with Crippen molar-refractivity contribution in [3.63, 3.8) is 0 Å². The molecule has 4 aliphatic carbocycles. The maximum absolute atomic E-state index is 12.6. The zero-order valence-corrected chi connectivity index (χ0v) is 16.8.